The third kappa shape index (κ3) is 4.10. The smallest absolute Gasteiger partial charge is 0.274 e. The maximum Gasteiger partial charge on any atom is 0.274 e. The Labute approximate surface area is 205 Å². The summed E-state index contributed by atoms with van der Waals surface area (Å²) in [6, 6.07) is 12.0. The molecule has 3 aromatic rings. The standard InChI is InChI=1S/C27H33N5O3/c1-18(2)20-15-21(19-9-6-5-7-10-19)29-32-16-22(28-23(20)32)24(33)31-14-13-30(17-26(31,3)4)25(34)27(35)11-8-12-27/h5-7,9-10,15-16,18,35H,8,11-14,17H2,1-4H3. The zero-order chi connectivity index (χ0) is 25.0. The van der Waals surface area contributed by atoms with Crippen LogP contribution in [-0.4, -0.2) is 72.1 Å². The normalized spacial score (nSPS) is 19.1. The number of carbonyl (C=O) groups excluding carboxylic acids is 2. The molecule has 1 aromatic carbocycles. The van der Waals surface area contributed by atoms with E-state index in [-0.39, 0.29) is 17.7 Å². The zero-order valence-corrected chi connectivity index (χ0v) is 20.9. The predicted molar refractivity (Wildman–Crippen MR) is 133 cm³/mol. The summed E-state index contributed by atoms with van der Waals surface area (Å²) in [6.45, 7) is 9.29. The Kier molecular flexibility index (Phi) is 5.67. The number of hydrogen-bond donors (Lipinski definition) is 1. The van der Waals surface area contributed by atoms with Crippen molar-refractivity contribution in [3.05, 3.63) is 53.9 Å². The van der Waals surface area contributed by atoms with Crippen LogP contribution in [0.2, 0.25) is 0 Å². The monoisotopic (exact) mass is 475 g/mol. The molecule has 1 aliphatic heterocycles. The van der Waals surface area contributed by atoms with E-state index in [9.17, 15) is 14.7 Å². The summed E-state index contributed by atoms with van der Waals surface area (Å²) in [5.74, 6) is -0.182. The first-order valence-corrected chi connectivity index (χ1v) is 12.4. The molecule has 1 N–H and O–H groups in total. The van der Waals surface area contributed by atoms with Crippen LogP contribution in [0.25, 0.3) is 16.9 Å². The summed E-state index contributed by atoms with van der Waals surface area (Å²) in [6.07, 6.45) is 3.61. The molecule has 5 rings (SSSR count). The average molecular weight is 476 g/mol. The molecule has 35 heavy (non-hydrogen) atoms. The van der Waals surface area contributed by atoms with E-state index in [4.69, 9.17) is 10.1 Å². The van der Waals surface area contributed by atoms with Crippen molar-refractivity contribution in [3.8, 4) is 11.3 Å². The lowest BCUT2D eigenvalue weighted by Crippen LogP contribution is -2.65. The molecule has 1 saturated heterocycles. The van der Waals surface area contributed by atoms with Gasteiger partial charge in [0.25, 0.3) is 11.8 Å². The quantitative estimate of drug-likeness (QED) is 0.624. The van der Waals surface area contributed by atoms with Gasteiger partial charge in [0, 0.05) is 30.8 Å². The van der Waals surface area contributed by atoms with Crippen LogP contribution in [0, 0.1) is 0 Å². The largest absolute Gasteiger partial charge is 0.380 e. The lowest BCUT2D eigenvalue weighted by atomic mass is 9.78. The first kappa shape index (κ1) is 23.5. The van der Waals surface area contributed by atoms with Crippen molar-refractivity contribution in [3.63, 3.8) is 0 Å². The van der Waals surface area contributed by atoms with Crippen LogP contribution in [0.1, 0.15) is 68.9 Å². The Hall–Kier alpha value is -3.26. The van der Waals surface area contributed by atoms with Gasteiger partial charge in [-0.3, -0.25) is 9.59 Å². The number of fused-ring (bicyclic) bond motifs is 1. The molecule has 1 saturated carbocycles. The van der Waals surface area contributed by atoms with Crippen LogP contribution < -0.4 is 0 Å². The molecule has 8 heteroatoms. The second-order valence-corrected chi connectivity index (χ2v) is 10.8. The number of amides is 2. The summed E-state index contributed by atoms with van der Waals surface area (Å²) in [5.41, 5.74) is 2.08. The van der Waals surface area contributed by atoms with E-state index in [1.807, 2.05) is 44.2 Å². The van der Waals surface area contributed by atoms with Crippen LogP contribution in [0.3, 0.4) is 0 Å². The molecule has 0 bridgehead atoms. The van der Waals surface area contributed by atoms with Gasteiger partial charge in [-0.1, -0.05) is 44.2 Å². The van der Waals surface area contributed by atoms with Gasteiger partial charge < -0.3 is 14.9 Å². The van der Waals surface area contributed by atoms with Gasteiger partial charge in [0.05, 0.1) is 17.4 Å². The number of rotatable bonds is 4. The van der Waals surface area contributed by atoms with Crippen LogP contribution in [0.4, 0.5) is 0 Å². The molecule has 3 heterocycles. The first-order valence-electron chi connectivity index (χ1n) is 12.4. The molecule has 2 aliphatic rings. The van der Waals surface area contributed by atoms with Crippen LogP contribution in [0.5, 0.6) is 0 Å². The van der Waals surface area contributed by atoms with E-state index >= 15 is 0 Å². The number of carbonyl (C=O) groups is 2. The number of aliphatic hydroxyl groups is 1. The SMILES string of the molecule is CC(C)c1cc(-c2ccccc2)nn2cc(C(=O)N3CCN(C(=O)C4(O)CCC4)CC3(C)C)nc12. The van der Waals surface area contributed by atoms with E-state index in [0.29, 0.717) is 43.8 Å². The molecule has 2 amide bonds. The molecule has 0 spiro atoms. The molecule has 2 aromatic heterocycles. The predicted octanol–water partition coefficient (Wildman–Crippen LogP) is 3.50. The number of nitrogens with zero attached hydrogens (tertiary/aromatic N) is 5. The fourth-order valence-corrected chi connectivity index (χ4v) is 5.14. The van der Waals surface area contributed by atoms with Gasteiger partial charge in [-0.2, -0.15) is 5.10 Å². The molecule has 1 aliphatic carbocycles. The van der Waals surface area contributed by atoms with Crippen molar-refractivity contribution in [2.45, 2.75) is 64.0 Å². The van der Waals surface area contributed by atoms with Gasteiger partial charge >= 0.3 is 0 Å². The molecule has 184 valence electrons. The highest BCUT2D eigenvalue weighted by atomic mass is 16.3. The molecule has 0 radical (unpaired) electrons. The van der Waals surface area contributed by atoms with Crippen molar-refractivity contribution < 1.29 is 14.7 Å². The molecular weight excluding hydrogens is 442 g/mol. The van der Waals surface area contributed by atoms with E-state index in [2.05, 4.69) is 19.9 Å². The Bertz CT molecular complexity index is 1280. The minimum Gasteiger partial charge on any atom is -0.380 e. The Morgan fingerprint density at radius 2 is 1.80 bits per heavy atom. The van der Waals surface area contributed by atoms with Crippen LogP contribution >= 0.6 is 0 Å². The minimum absolute atomic E-state index is 0.175. The van der Waals surface area contributed by atoms with Crippen LogP contribution in [-0.2, 0) is 4.79 Å². The summed E-state index contributed by atoms with van der Waals surface area (Å²) in [7, 11) is 0. The number of piperazine rings is 1. The molecule has 0 atom stereocenters. The molecule has 2 fully saturated rings. The van der Waals surface area contributed by atoms with Gasteiger partial charge in [-0.05, 0) is 45.1 Å². The van der Waals surface area contributed by atoms with Gasteiger partial charge in [0.2, 0.25) is 0 Å². The Morgan fingerprint density at radius 3 is 2.40 bits per heavy atom. The second kappa shape index (κ2) is 8.45. The van der Waals surface area contributed by atoms with E-state index in [0.717, 1.165) is 23.2 Å². The van der Waals surface area contributed by atoms with Crippen LogP contribution in [0.15, 0.2) is 42.6 Å². The van der Waals surface area contributed by atoms with Gasteiger partial charge in [-0.25, -0.2) is 9.50 Å². The molecule has 8 nitrogen and oxygen atoms in total. The molecular formula is C27H33N5O3. The number of aromatic nitrogens is 3. The number of hydrogen-bond acceptors (Lipinski definition) is 5. The lowest BCUT2D eigenvalue weighted by molar-refractivity contribution is -0.164. The van der Waals surface area contributed by atoms with Crippen molar-refractivity contribution in [2.24, 2.45) is 0 Å². The van der Waals surface area contributed by atoms with Crippen molar-refractivity contribution in [1.29, 1.82) is 0 Å². The van der Waals surface area contributed by atoms with Crippen molar-refractivity contribution in [1.82, 2.24) is 24.4 Å². The number of imidazole rings is 1. The highest BCUT2D eigenvalue weighted by molar-refractivity contribution is 5.94. The van der Waals surface area contributed by atoms with E-state index in [1.54, 1.807) is 20.5 Å². The Morgan fingerprint density at radius 1 is 1.09 bits per heavy atom. The third-order valence-corrected chi connectivity index (χ3v) is 7.38. The molecule has 0 unspecified atom stereocenters. The van der Waals surface area contributed by atoms with Crippen molar-refractivity contribution in [2.75, 3.05) is 19.6 Å². The average Bonchev–Trinajstić information content (AvgIpc) is 3.25. The van der Waals surface area contributed by atoms with Gasteiger partial charge in [0.15, 0.2) is 5.65 Å². The van der Waals surface area contributed by atoms with Gasteiger partial charge in [-0.15, -0.1) is 0 Å². The topological polar surface area (TPSA) is 91.0 Å². The zero-order valence-electron chi connectivity index (χ0n) is 20.9. The maximum absolute atomic E-state index is 13.6. The summed E-state index contributed by atoms with van der Waals surface area (Å²) in [5, 5.41) is 15.3. The summed E-state index contributed by atoms with van der Waals surface area (Å²) >= 11 is 0. The van der Waals surface area contributed by atoms with Crippen molar-refractivity contribution >= 4 is 17.5 Å². The highest BCUT2D eigenvalue weighted by Crippen LogP contribution is 2.35. The second-order valence-electron chi connectivity index (χ2n) is 10.8. The lowest BCUT2D eigenvalue weighted by Gasteiger charge is -2.49. The first-order chi connectivity index (χ1) is 16.6. The van der Waals surface area contributed by atoms with E-state index < -0.39 is 11.1 Å². The summed E-state index contributed by atoms with van der Waals surface area (Å²) in [4.78, 5) is 34.7. The third-order valence-electron chi connectivity index (χ3n) is 7.38. The number of benzene rings is 1. The maximum atomic E-state index is 13.6. The van der Waals surface area contributed by atoms with E-state index in [1.165, 1.54) is 0 Å². The fourth-order valence-electron chi connectivity index (χ4n) is 5.14. The Balaban J connectivity index is 1.44. The summed E-state index contributed by atoms with van der Waals surface area (Å²) < 4.78 is 1.71. The van der Waals surface area contributed by atoms with Gasteiger partial charge in [0.1, 0.15) is 11.3 Å². The minimum atomic E-state index is -1.22. The fraction of sp³-hybridized carbons (Fsp3) is 0.481. The highest BCUT2D eigenvalue weighted by Gasteiger charge is 2.48.